The maximum absolute atomic E-state index is 11.6. The van der Waals surface area contributed by atoms with E-state index in [4.69, 9.17) is 4.74 Å². The summed E-state index contributed by atoms with van der Waals surface area (Å²) in [5, 5.41) is 0. The molecular weight excluding hydrogens is 258 g/mol. The second kappa shape index (κ2) is 6.60. The van der Waals surface area contributed by atoms with Gasteiger partial charge in [0.15, 0.2) is 5.69 Å². The number of aromatic amines is 1. The van der Waals surface area contributed by atoms with Gasteiger partial charge in [-0.05, 0) is 25.0 Å². The Morgan fingerprint density at radius 2 is 2.25 bits per heavy atom. The molecule has 2 aromatic heterocycles. The van der Waals surface area contributed by atoms with Gasteiger partial charge in [0.25, 0.3) is 5.56 Å². The lowest BCUT2D eigenvalue weighted by molar-refractivity contribution is 0.0518. The van der Waals surface area contributed by atoms with E-state index in [0.29, 0.717) is 18.7 Å². The molecule has 104 valence electrons. The summed E-state index contributed by atoms with van der Waals surface area (Å²) < 4.78 is 4.84. The summed E-state index contributed by atoms with van der Waals surface area (Å²) in [4.78, 5) is 33.8. The zero-order valence-electron chi connectivity index (χ0n) is 11.1. The van der Waals surface area contributed by atoms with Gasteiger partial charge >= 0.3 is 5.97 Å². The minimum Gasteiger partial charge on any atom is -0.461 e. The smallest absolute Gasteiger partial charge is 0.357 e. The largest absolute Gasteiger partial charge is 0.461 e. The van der Waals surface area contributed by atoms with E-state index in [1.54, 1.807) is 19.3 Å². The number of carbonyl (C=O) groups excluding carboxylic acids is 1. The van der Waals surface area contributed by atoms with Crippen LogP contribution in [0.2, 0.25) is 0 Å². The van der Waals surface area contributed by atoms with Gasteiger partial charge in [-0.3, -0.25) is 9.78 Å². The molecule has 0 aliphatic rings. The molecule has 0 fully saturated rings. The number of pyridine rings is 1. The summed E-state index contributed by atoms with van der Waals surface area (Å²) in [6, 6.07) is 4.94. The first-order chi connectivity index (χ1) is 9.69. The average molecular weight is 273 g/mol. The molecule has 2 rings (SSSR count). The number of hydrogen-bond acceptors (Lipinski definition) is 5. The molecule has 0 saturated heterocycles. The molecule has 2 heterocycles. The van der Waals surface area contributed by atoms with Gasteiger partial charge in [0.1, 0.15) is 5.82 Å². The van der Waals surface area contributed by atoms with Crippen molar-refractivity contribution in [1.29, 1.82) is 0 Å². The fraction of sp³-hybridized carbons (Fsp3) is 0.286. The number of hydrogen-bond donors (Lipinski definition) is 1. The molecule has 0 aliphatic heterocycles. The first-order valence-corrected chi connectivity index (χ1v) is 6.35. The van der Waals surface area contributed by atoms with Crippen molar-refractivity contribution < 1.29 is 9.53 Å². The third-order valence-corrected chi connectivity index (χ3v) is 2.65. The zero-order chi connectivity index (χ0) is 14.4. The molecule has 0 aliphatic carbocycles. The lowest BCUT2D eigenvalue weighted by Crippen LogP contribution is -2.17. The molecule has 0 radical (unpaired) electrons. The van der Waals surface area contributed by atoms with E-state index in [2.05, 4.69) is 15.0 Å². The quantitative estimate of drug-likeness (QED) is 0.825. The lowest BCUT2D eigenvalue weighted by Gasteiger charge is -2.04. The number of nitrogens with one attached hydrogen (secondary N) is 1. The number of nitrogens with zero attached hydrogens (tertiary/aromatic N) is 2. The average Bonchev–Trinajstić information content (AvgIpc) is 2.46. The normalized spacial score (nSPS) is 10.2. The third-order valence-electron chi connectivity index (χ3n) is 2.65. The van der Waals surface area contributed by atoms with Gasteiger partial charge in [-0.25, -0.2) is 9.78 Å². The van der Waals surface area contributed by atoms with Crippen LogP contribution in [0.25, 0.3) is 0 Å². The van der Waals surface area contributed by atoms with Crippen LogP contribution >= 0.6 is 0 Å². The van der Waals surface area contributed by atoms with Crippen molar-refractivity contribution in [2.24, 2.45) is 0 Å². The molecule has 0 atom stereocenters. The van der Waals surface area contributed by atoms with Crippen LogP contribution in [0.1, 0.15) is 28.8 Å². The zero-order valence-corrected chi connectivity index (χ0v) is 11.1. The van der Waals surface area contributed by atoms with E-state index in [9.17, 15) is 9.59 Å². The van der Waals surface area contributed by atoms with Gasteiger partial charge in [-0.2, -0.15) is 0 Å². The van der Waals surface area contributed by atoms with Gasteiger partial charge in [-0.15, -0.1) is 0 Å². The van der Waals surface area contributed by atoms with E-state index in [1.165, 1.54) is 0 Å². The number of aromatic nitrogens is 3. The maximum atomic E-state index is 11.6. The van der Waals surface area contributed by atoms with E-state index >= 15 is 0 Å². The monoisotopic (exact) mass is 273 g/mol. The number of H-pyrrole nitrogens is 1. The minimum atomic E-state index is -0.582. The van der Waals surface area contributed by atoms with Crippen molar-refractivity contribution in [3.05, 3.63) is 58.0 Å². The molecule has 0 bridgehead atoms. The molecule has 2 aromatic rings. The standard InChI is InChI=1S/C14H15N3O3/c1-2-20-14(19)11-8-13(18)17-12(16-11)6-5-10-4-3-7-15-9-10/h3-4,7-9H,2,5-6H2,1H3,(H,16,17,18). The van der Waals surface area contributed by atoms with Crippen molar-refractivity contribution in [2.75, 3.05) is 6.61 Å². The summed E-state index contributed by atoms with van der Waals surface area (Å²) in [7, 11) is 0. The predicted molar refractivity (Wildman–Crippen MR) is 72.5 cm³/mol. The van der Waals surface area contributed by atoms with Crippen molar-refractivity contribution in [3.8, 4) is 0 Å². The number of esters is 1. The molecule has 1 N–H and O–H groups in total. The van der Waals surface area contributed by atoms with Gasteiger partial charge in [0.05, 0.1) is 6.61 Å². The summed E-state index contributed by atoms with van der Waals surface area (Å²) in [6.45, 7) is 1.95. The molecule has 0 amide bonds. The Labute approximate surface area is 115 Å². The molecule has 0 aromatic carbocycles. The van der Waals surface area contributed by atoms with Crippen LogP contribution in [-0.2, 0) is 17.6 Å². The van der Waals surface area contributed by atoms with E-state index in [0.717, 1.165) is 11.6 Å². The Kier molecular flexibility index (Phi) is 4.60. The summed E-state index contributed by atoms with van der Waals surface area (Å²) in [5.41, 5.74) is 0.720. The van der Waals surface area contributed by atoms with Crippen LogP contribution in [-0.4, -0.2) is 27.5 Å². The molecule has 0 spiro atoms. The molecular formula is C14H15N3O3. The second-order valence-corrected chi connectivity index (χ2v) is 4.16. The molecule has 6 nitrogen and oxygen atoms in total. The van der Waals surface area contributed by atoms with Crippen molar-refractivity contribution >= 4 is 5.97 Å². The number of aryl methyl sites for hydroxylation is 2. The van der Waals surface area contributed by atoms with Crippen molar-refractivity contribution in [1.82, 2.24) is 15.0 Å². The van der Waals surface area contributed by atoms with Crippen LogP contribution < -0.4 is 5.56 Å². The highest BCUT2D eigenvalue weighted by atomic mass is 16.5. The number of carbonyl (C=O) groups is 1. The Balaban J connectivity index is 2.12. The molecule has 6 heteroatoms. The Morgan fingerprint density at radius 1 is 1.40 bits per heavy atom. The summed E-state index contributed by atoms with van der Waals surface area (Å²) in [6.07, 6.45) is 4.66. The van der Waals surface area contributed by atoms with Crippen LogP contribution in [0.4, 0.5) is 0 Å². The predicted octanol–water partition coefficient (Wildman–Crippen LogP) is 1.13. The lowest BCUT2D eigenvalue weighted by atomic mass is 10.1. The maximum Gasteiger partial charge on any atom is 0.357 e. The van der Waals surface area contributed by atoms with Gasteiger partial charge in [-0.1, -0.05) is 6.07 Å². The van der Waals surface area contributed by atoms with Crippen LogP contribution in [0, 0.1) is 0 Å². The van der Waals surface area contributed by atoms with Gasteiger partial charge < -0.3 is 9.72 Å². The van der Waals surface area contributed by atoms with E-state index in [-0.39, 0.29) is 17.9 Å². The highest BCUT2D eigenvalue weighted by Crippen LogP contribution is 2.02. The summed E-state index contributed by atoms with van der Waals surface area (Å²) in [5.74, 6) is -0.120. The van der Waals surface area contributed by atoms with Crippen LogP contribution in [0.5, 0.6) is 0 Å². The SMILES string of the molecule is CCOC(=O)c1cc(=O)[nH]c(CCc2cccnc2)n1. The minimum absolute atomic E-state index is 0.0387. The topological polar surface area (TPSA) is 84.9 Å². The molecule has 0 saturated carbocycles. The van der Waals surface area contributed by atoms with E-state index in [1.807, 2.05) is 12.1 Å². The Bertz CT molecular complexity index is 638. The fourth-order valence-electron chi connectivity index (χ4n) is 1.74. The van der Waals surface area contributed by atoms with E-state index < -0.39 is 5.97 Å². The van der Waals surface area contributed by atoms with Gasteiger partial charge in [0, 0.05) is 24.9 Å². The first-order valence-electron chi connectivity index (χ1n) is 6.35. The van der Waals surface area contributed by atoms with Crippen LogP contribution in [0.15, 0.2) is 35.4 Å². The van der Waals surface area contributed by atoms with Crippen LogP contribution in [0.3, 0.4) is 0 Å². The summed E-state index contributed by atoms with van der Waals surface area (Å²) >= 11 is 0. The van der Waals surface area contributed by atoms with Crippen molar-refractivity contribution in [3.63, 3.8) is 0 Å². The number of ether oxygens (including phenoxy) is 1. The molecule has 20 heavy (non-hydrogen) atoms. The van der Waals surface area contributed by atoms with Crippen molar-refractivity contribution in [2.45, 2.75) is 19.8 Å². The second-order valence-electron chi connectivity index (χ2n) is 4.16. The third kappa shape index (κ3) is 3.74. The highest BCUT2D eigenvalue weighted by Gasteiger charge is 2.11. The highest BCUT2D eigenvalue weighted by molar-refractivity contribution is 5.87. The Hall–Kier alpha value is -2.50. The number of rotatable bonds is 5. The first kappa shape index (κ1) is 13.9. The molecule has 0 unspecified atom stereocenters. The fourth-order valence-corrected chi connectivity index (χ4v) is 1.74. The Morgan fingerprint density at radius 3 is 2.95 bits per heavy atom. The van der Waals surface area contributed by atoms with Gasteiger partial charge in [0.2, 0.25) is 0 Å².